The Morgan fingerprint density at radius 1 is 1.21 bits per heavy atom. The number of halogens is 1. The average Bonchev–Trinajstić information content (AvgIpc) is 2.45. The van der Waals surface area contributed by atoms with Crippen molar-refractivity contribution in [2.24, 2.45) is 0 Å². The second-order valence-electron chi connectivity index (χ2n) is 4.42. The molecule has 1 aromatic rings. The molecule has 0 aliphatic rings. The molecule has 0 saturated heterocycles. The van der Waals surface area contributed by atoms with E-state index in [1.165, 1.54) is 7.11 Å². The number of benzene rings is 1. The highest BCUT2D eigenvalue weighted by Gasteiger charge is 2.35. The summed E-state index contributed by atoms with van der Waals surface area (Å²) in [5, 5.41) is 20.9. The van der Waals surface area contributed by atoms with Crippen molar-refractivity contribution in [1.82, 2.24) is 0 Å². The molecule has 0 aromatic heterocycles. The number of aliphatic hydroxyl groups excluding tert-OH is 1. The standard InChI is InChI=1S/C14H21BrO4/c1-5-14(17,6-2)13(16)9-7-8-10(18-3)11(15)12(9)19-4/h7-8,13,16-17H,5-6H2,1-4H3. The van der Waals surface area contributed by atoms with Gasteiger partial charge in [-0.15, -0.1) is 0 Å². The molecule has 0 heterocycles. The van der Waals surface area contributed by atoms with Gasteiger partial charge in [-0.1, -0.05) is 13.8 Å². The fourth-order valence-corrected chi connectivity index (χ4v) is 2.74. The van der Waals surface area contributed by atoms with E-state index in [-0.39, 0.29) is 0 Å². The molecule has 19 heavy (non-hydrogen) atoms. The van der Waals surface area contributed by atoms with E-state index in [1.54, 1.807) is 19.2 Å². The largest absolute Gasteiger partial charge is 0.495 e. The normalized spacial score (nSPS) is 13.2. The second-order valence-corrected chi connectivity index (χ2v) is 5.21. The molecule has 108 valence electrons. The van der Waals surface area contributed by atoms with Gasteiger partial charge in [0.25, 0.3) is 0 Å². The average molecular weight is 333 g/mol. The molecule has 0 fully saturated rings. The number of hydrogen-bond acceptors (Lipinski definition) is 4. The third-order valence-corrected chi connectivity index (χ3v) is 4.30. The Morgan fingerprint density at radius 2 is 1.79 bits per heavy atom. The van der Waals surface area contributed by atoms with E-state index in [4.69, 9.17) is 9.47 Å². The van der Waals surface area contributed by atoms with Crippen LogP contribution in [0.15, 0.2) is 16.6 Å². The van der Waals surface area contributed by atoms with Gasteiger partial charge in [0.15, 0.2) is 0 Å². The van der Waals surface area contributed by atoms with Crippen molar-refractivity contribution in [3.05, 3.63) is 22.2 Å². The predicted molar refractivity (Wildman–Crippen MR) is 77.7 cm³/mol. The van der Waals surface area contributed by atoms with E-state index in [0.717, 1.165) is 0 Å². The lowest BCUT2D eigenvalue weighted by molar-refractivity contribution is -0.0828. The van der Waals surface area contributed by atoms with Crippen LogP contribution in [0.1, 0.15) is 38.4 Å². The maximum atomic E-state index is 10.4. The SMILES string of the molecule is CCC(O)(CC)C(O)c1ccc(OC)c(Br)c1OC. The molecule has 1 aromatic carbocycles. The molecule has 0 amide bonds. The van der Waals surface area contributed by atoms with Gasteiger partial charge >= 0.3 is 0 Å². The third kappa shape index (κ3) is 3.04. The summed E-state index contributed by atoms with van der Waals surface area (Å²) in [7, 11) is 3.08. The summed E-state index contributed by atoms with van der Waals surface area (Å²) in [4.78, 5) is 0. The summed E-state index contributed by atoms with van der Waals surface area (Å²) in [5.41, 5.74) is -0.622. The topological polar surface area (TPSA) is 58.9 Å². The first-order valence-electron chi connectivity index (χ1n) is 6.25. The Bertz CT molecular complexity index is 430. The molecular formula is C14H21BrO4. The van der Waals surface area contributed by atoms with Crippen molar-refractivity contribution in [2.75, 3.05) is 14.2 Å². The number of aliphatic hydroxyl groups is 2. The molecule has 1 unspecified atom stereocenters. The zero-order valence-corrected chi connectivity index (χ0v) is 13.3. The number of methoxy groups -OCH3 is 2. The van der Waals surface area contributed by atoms with E-state index < -0.39 is 11.7 Å². The van der Waals surface area contributed by atoms with Gasteiger partial charge in [-0.3, -0.25) is 0 Å². The summed E-state index contributed by atoms with van der Waals surface area (Å²) >= 11 is 3.39. The van der Waals surface area contributed by atoms with Crippen LogP contribution in [0.5, 0.6) is 11.5 Å². The fourth-order valence-electron chi connectivity index (χ4n) is 2.06. The Balaban J connectivity index is 3.31. The zero-order valence-electron chi connectivity index (χ0n) is 11.7. The van der Waals surface area contributed by atoms with Crippen molar-refractivity contribution >= 4 is 15.9 Å². The first kappa shape index (κ1) is 16.3. The van der Waals surface area contributed by atoms with Crippen LogP contribution in [-0.2, 0) is 0 Å². The first-order valence-corrected chi connectivity index (χ1v) is 7.05. The second kappa shape index (κ2) is 6.59. The van der Waals surface area contributed by atoms with Gasteiger partial charge in [-0.25, -0.2) is 0 Å². The maximum absolute atomic E-state index is 10.4. The number of ether oxygens (including phenoxy) is 2. The highest BCUT2D eigenvalue weighted by Crippen LogP contribution is 2.43. The van der Waals surface area contributed by atoms with Gasteiger partial charge in [0.2, 0.25) is 0 Å². The lowest BCUT2D eigenvalue weighted by Crippen LogP contribution is -2.35. The summed E-state index contributed by atoms with van der Waals surface area (Å²) in [6, 6.07) is 3.44. The molecule has 0 saturated carbocycles. The van der Waals surface area contributed by atoms with Crippen LogP contribution in [0.3, 0.4) is 0 Å². The van der Waals surface area contributed by atoms with Gasteiger partial charge in [0, 0.05) is 5.56 Å². The van der Waals surface area contributed by atoms with Gasteiger partial charge in [-0.2, -0.15) is 0 Å². The minimum absolute atomic E-state index is 0.456. The van der Waals surface area contributed by atoms with E-state index in [2.05, 4.69) is 15.9 Å². The van der Waals surface area contributed by atoms with Gasteiger partial charge < -0.3 is 19.7 Å². The van der Waals surface area contributed by atoms with Crippen molar-refractivity contribution < 1.29 is 19.7 Å². The zero-order chi connectivity index (χ0) is 14.6. The molecular weight excluding hydrogens is 312 g/mol. The quantitative estimate of drug-likeness (QED) is 0.840. The Morgan fingerprint density at radius 3 is 2.21 bits per heavy atom. The van der Waals surface area contributed by atoms with E-state index >= 15 is 0 Å². The molecule has 0 aliphatic carbocycles. The van der Waals surface area contributed by atoms with Crippen molar-refractivity contribution in [1.29, 1.82) is 0 Å². The predicted octanol–water partition coefficient (Wildman–Crippen LogP) is 3.05. The monoisotopic (exact) mass is 332 g/mol. The van der Waals surface area contributed by atoms with Crippen LogP contribution in [0.4, 0.5) is 0 Å². The highest BCUT2D eigenvalue weighted by atomic mass is 79.9. The Kier molecular flexibility index (Phi) is 5.64. The molecule has 4 nitrogen and oxygen atoms in total. The molecule has 1 rings (SSSR count). The van der Waals surface area contributed by atoms with Gasteiger partial charge in [0.1, 0.15) is 22.1 Å². The Hall–Kier alpha value is -0.780. The van der Waals surface area contributed by atoms with Crippen molar-refractivity contribution in [3.8, 4) is 11.5 Å². The number of hydrogen-bond donors (Lipinski definition) is 2. The van der Waals surface area contributed by atoms with E-state index in [0.29, 0.717) is 34.4 Å². The van der Waals surface area contributed by atoms with Crippen LogP contribution >= 0.6 is 15.9 Å². The van der Waals surface area contributed by atoms with Gasteiger partial charge in [0.05, 0.1) is 19.8 Å². The van der Waals surface area contributed by atoms with Crippen LogP contribution in [0.25, 0.3) is 0 Å². The fraction of sp³-hybridized carbons (Fsp3) is 0.571. The van der Waals surface area contributed by atoms with Crippen LogP contribution in [0.2, 0.25) is 0 Å². The molecule has 1 atom stereocenters. The minimum atomic E-state index is -1.17. The lowest BCUT2D eigenvalue weighted by Gasteiger charge is -2.32. The van der Waals surface area contributed by atoms with Crippen LogP contribution < -0.4 is 9.47 Å². The number of rotatable bonds is 6. The van der Waals surface area contributed by atoms with Crippen LogP contribution in [0, 0.1) is 0 Å². The molecule has 2 N–H and O–H groups in total. The van der Waals surface area contributed by atoms with Gasteiger partial charge in [-0.05, 0) is 40.9 Å². The minimum Gasteiger partial charge on any atom is -0.495 e. The van der Waals surface area contributed by atoms with Crippen molar-refractivity contribution in [2.45, 2.75) is 38.4 Å². The first-order chi connectivity index (χ1) is 8.95. The molecule has 5 heteroatoms. The lowest BCUT2D eigenvalue weighted by atomic mass is 9.86. The van der Waals surface area contributed by atoms with E-state index in [9.17, 15) is 10.2 Å². The molecule has 0 radical (unpaired) electrons. The molecule has 0 spiro atoms. The summed E-state index contributed by atoms with van der Waals surface area (Å²) in [5.74, 6) is 1.09. The smallest absolute Gasteiger partial charge is 0.142 e. The summed E-state index contributed by atoms with van der Waals surface area (Å²) < 4.78 is 11.1. The Labute approximate surface area is 122 Å². The summed E-state index contributed by atoms with van der Waals surface area (Å²) in [6.45, 7) is 3.69. The molecule has 0 aliphatic heterocycles. The molecule has 0 bridgehead atoms. The van der Waals surface area contributed by atoms with Crippen LogP contribution in [-0.4, -0.2) is 30.0 Å². The third-order valence-electron chi connectivity index (χ3n) is 3.54. The summed E-state index contributed by atoms with van der Waals surface area (Å²) in [6.07, 6.45) is -0.103. The maximum Gasteiger partial charge on any atom is 0.142 e. The van der Waals surface area contributed by atoms with Crippen molar-refractivity contribution in [3.63, 3.8) is 0 Å². The van der Waals surface area contributed by atoms with E-state index in [1.807, 2.05) is 13.8 Å². The highest BCUT2D eigenvalue weighted by molar-refractivity contribution is 9.10.